The van der Waals surface area contributed by atoms with Crippen molar-refractivity contribution in [3.8, 4) is 5.75 Å². The van der Waals surface area contributed by atoms with Crippen molar-refractivity contribution in [3.05, 3.63) is 66.1 Å². The number of aromatic nitrogens is 2. The van der Waals surface area contributed by atoms with Crippen LogP contribution in [-0.2, 0) is 0 Å². The van der Waals surface area contributed by atoms with Gasteiger partial charge in [0.2, 0.25) is 0 Å². The van der Waals surface area contributed by atoms with Crippen LogP contribution in [0.25, 0.3) is 0 Å². The molecule has 7 nitrogen and oxygen atoms in total. The SMILES string of the molecule is CCOc1ccc(NC(=O)c2cc(Nc3ccc(N(C)C)cc3)nc(C)n2)cc1. The molecule has 7 heteroatoms. The van der Waals surface area contributed by atoms with Gasteiger partial charge in [0.25, 0.3) is 5.91 Å². The summed E-state index contributed by atoms with van der Waals surface area (Å²) in [4.78, 5) is 23.3. The number of amides is 1. The lowest BCUT2D eigenvalue weighted by Gasteiger charge is -2.13. The molecule has 0 unspecified atom stereocenters. The van der Waals surface area contributed by atoms with Crippen molar-refractivity contribution >= 4 is 28.8 Å². The van der Waals surface area contributed by atoms with Gasteiger partial charge in [-0.2, -0.15) is 0 Å². The van der Waals surface area contributed by atoms with E-state index in [1.165, 1.54) is 0 Å². The summed E-state index contributed by atoms with van der Waals surface area (Å²) in [5.41, 5.74) is 2.94. The number of rotatable bonds is 7. The standard InChI is InChI=1S/C22H25N5O2/c1-5-29-19-12-8-17(9-13-19)26-22(28)20-14-21(24-15(2)23-20)25-16-6-10-18(11-7-16)27(3)4/h6-14H,5H2,1-4H3,(H,26,28)(H,23,24,25). The largest absolute Gasteiger partial charge is 0.494 e. The van der Waals surface area contributed by atoms with Crippen molar-refractivity contribution in [2.45, 2.75) is 13.8 Å². The third-order valence-electron chi connectivity index (χ3n) is 4.15. The van der Waals surface area contributed by atoms with E-state index in [1.54, 1.807) is 25.1 Å². The molecule has 2 N–H and O–H groups in total. The molecule has 0 fully saturated rings. The van der Waals surface area contributed by atoms with Crippen molar-refractivity contribution in [2.75, 3.05) is 36.2 Å². The summed E-state index contributed by atoms with van der Waals surface area (Å²) in [6.07, 6.45) is 0. The van der Waals surface area contributed by atoms with Gasteiger partial charge in [0.15, 0.2) is 0 Å². The summed E-state index contributed by atoms with van der Waals surface area (Å²) in [5, 5.41) is 6.07. The fourth-order valence-corrected chi connectivity index (χ4v) is 2.74. The lowest BCUT2D eigenvalue weighted by Crippen LogP contribution is -2.15. The average molecular weight is 391 g/mol. The topological polar surface area (TPSA) is 79.4 Å². The van der Waals surface area contributed by atoms with E-state index < -0.39 is 0 Å². The second-order valence-electron chi connectivity index (χ2n) is 6.66. The number of benzene rings is 2. The highest BCUT2D eigenvalue weighted by Crippen LogP contribution is 2.20. The van der Waals surface area contributed by atoms with Gasteiger partial charge in [0, 0.05) is 37.2 Å². The highest BCUT2D eigenvalue weighted by Gasteiger charge is 2.11. The van der Waals surface area contributed by atoms with E-state index in [9.17, 15) is 4.79 Å². The normalized spacial score (nSPS) is 10.3. The van der Waals surface area contributed by atoms with Gasteiger partial charge in [0.05, 0.1) is 6.61 Å². The average Bonchev–Trinajstić information content (AvgIpc) is 2.69. The molecule has 0 aliphatic heterocycles. The Kier molecular flexibility index (Phi) is 6.29. The first-order valence-corrected chi connectivity index (χ1v) is 9.39. The van der Waals surface area contributed by atoms with Crippen LogP contribution in [0.15, 0.2) is 54.6 Å². The zero-order valence-corrected chi connectivity index (χ0v) is 17.1. The van der Waals surface area contributed by atoms with Crippen LogP contribution < -0.4 is 20.3 Å². The van der Waals surface area contributed by atoms with Gasteiger partial charge < -0.3 is 20.3 Å². The highest BCUT2D eigenvalue weighted by atomic mass is 16.5. The van der Waals surface area contributed by atoms with E-state index in [2.05, 4.69) is 20.6 Å². The minimum Gasteiger partial charge on any atom is -0.494 e. The molecule has 2 aromatic carbocycles. The molecule has 0 aliphatic rings. The number of hydrogen-bond acceptors (Lipinski definition) is 6. The van der Waals surface area contributed by atoms with Crippen LogP contribution in [0, 0.1) is 6.92 Å². The van der Waals surface area contributed by atoms with E-state index in [4.69, 9.17) is 4.74 Å². The second kappa shape index (κ2) is 9.05. The van der Waals surface area contributed by atoms with Gasteiger partial charge in [-0.1, -0.05) is 0 Å². The molecule has 0 saturated carbocycles. The number of nitrogens with one attached hydrogen (secondary N) is 2. The van der Waals surface area contributed by atoms with E-state index >= 15 is 0 Å². The molecule has 1 heterocycles. The van der Waals surface area contributed by atoms with Gasteiger partial charge in [-0.05, 0) is 62.4 Å². The van der Waals surface area contributed by atoms with Crippen LogP contribution in [0.2, 0.25) is 0 Å². The molecular weight excluding hydrogens is 366 g/mol. The van der Waals surface area contributed by atoms with Gasteiger partial charge in [-0.3, -0.25) is 4.79 Å². The third kappa shape index (κ3) is 5.44. The van der Waals surface area contributed by atoms with Crippen molar-refractivity contribution in [2.24, 2.45) is 0 Å². The Bertz CT molecular complexity index is 969. The Morgan fingerprint density at radius 1 is 1.00 bits per heavy atom. The molecule has 1 amide bonds. The van der Waals surface area contributed by atoms with Crippen LogP contribution in [0.3, 0.4) is 0 Å². The van der Waals surface area contributed by atoms with Crippen molar-refractivity contribution in [1.29, 1.82) is 0 Å². The first kappa shape index (κ1) is 20.1. The Labute approximate surface area is 170 Å². The lowest BCUT2D eigenvalue weighted by atomic mass is 10.2. The Balaban J connectivity index is 1.72. The van der Waals surface area contributed by atoms with Gasteiger partial charge in [-0.25, -0.2) is 9.97 Å². The van der Waals surface area contributed by atoms with Crippen LogP contribution in [0.1, 0.15) is 23.2 Å². The maximum Gasteiger partial charge on any atom is 0.274 e. The predicted molar refractivity (Wildman–Crippen MR) is 116 cm³/mol. The Morgan fingerprint density at radius 3 is 2.28 bits per heavy atom. The molecule has 0 atom stereocenters. The van der Waals surface area contributed by atoms with Crippen LogP contribution >= 0.6 is 0 Å². The first-order valence-electron chi connectivity index (χ1n) is 9.39. The van der Waals surface area contributed by atoms with E-state index in [-0.39, 0.29) is 5.91 Å². The molecule has 150 valence electrons. The molecule has 29 heavy (non-hydrogen) atoms. The predicted octanol–water partition coefficient (Wildman–Crippen LogP) is 4.25. The van der Waals surface area contributed by atoms with E-state index in [1.807, 2.05) is 62.3 Å². The molecule has 3 rings (SSSR count). The maximum atomic E-state index is 12.6. The molecule has 0 bridgehead atoms. The summed E-state index contributed by atoms with van der Waals surface area (Å²) < 4.78 is 5.41. The van der Waals surface area contributed by atoms with Gasteiger partial charge >= 0.3 is 0 Å². The number of carbonyl (C=O) groups excluding carboxylic acids is 1. The molecule has 0 spiro atoms. The van der Waals surface area contributed by atoms with Crippen LogP contribution in [0.4, 0.5) is 22.9 Å². The molecule has 0 saturated heterocycles. The van der Waals surface area contributed by atoms with Crippen LogP contribution in [0.5, 0.6) is 5.75 Å². The summed E-state index contributed by atoms with van der Waals surface area (Å²) in [6.45, 7) is 4.28. The number of aryl methyl sites for hydroxylation is 1. The highest BCUT2D eigenvalue weighted by molar-refractivity contribution is 6.03. The monoisotopic (exact) mass is 391 g/mol. The fourth-order valence-electron chi connectivity index (χ4n) is 2.74. The molecule has 0 radical (unpaired) electrons. The van der Waals surface area contributed by atoms with E-state index in [0.29, 0.717) is 29.6 Å². The first-order chi connectivity index (χ1) is 13.9. The number of ether oxygens (including phenoxy) is 1. The van der Waals surface area contributed by atoms with Crippen LogP contribution in [-0.4, -0.2) is 36.6 Å². The minimum absolute atomic E-state index is 0.291. The fraction of sp³-hybridized carbons (Fsp3) is 0.227. The number of anilines is 4. The minimum atomic E-state index is -0.300. The Morgan fingerprint density at radius 2 is 1.66 bits per heavy atom. The Hall–Kier alpha value is -3.61. The molecule has 3 aromatic rings. The van der Waals surface area contributed by atoms with E-state index in [0.717, 1.165) is 17.1 Å². The quantitative estimate of drug-likeness (QED) is 0.627. The summed E-state index contributed by atoms with van der Waals surface area (Å²) in [7, 11) is 3.98. The summed E-state index contributed by atoms with van der Waals surface area (Å²) in [6, 6.07) is 16.8. The molecule has 1 aromatic heterocycles. The smallest absolute Gasteiger partial charge is 0.274 e. The van der Waals surface area contributed by atoms with Gasteiger partial charge in [0.1, 0.15) is 23.1 Å². The third-order valence-corrected chi connectivity index (χ3v) is 4.15. The summed E-state index contributed by atoms with van der Waals surface area (Å²) >= 11 is 0. The summed E-state index contributed by atoms with van der Waals surface area (Å²) in [5.74, 6) is 1.53. The van der Waals surface area contributed by atoms with Gasteiger partial charge in [-0.15, -0.1) is 0 Å². The zero-order valence-electron chi connectivity index (χ0n) is 17.1. The van der Waals surface area contributed by atoms with Crippen molar-refractivity contribution < 1.29 is 9.53 Å². The number of carbonyl (C=O) groups is 1. The molecule has 0 aliphatic carbocycles. The van der Waals surface area contributed by atoms with Crippen molar-refractivity contribution in [3.63, 3.8) is 0 Å². The maximum absolute atomic E-state index is 12.6. The number of nitrogens with zero attached hydrogens (tertiary/aromatic N) is 3. The number of hydrogen-bond donors (Lipinski definition) is 2. The second-order valence-corrected chi connectivity index (χ2v) is 6.66. The molecular formula is C22H25N5O2. The zero-order chi connectivity index (χ0) is 20.8. The van der Waals surface area contributed by atoms with Crippen molar-refractivity contribution in [1.82, 2.24) is 9.97 Å². The lowest BCUT2D eigenvalue weighted by molar-refractivity contribution is 0.102.